The minimum absolute atomic E-state index is 0.269. The van der Waals surface area contributed by atoms with E-state index in [4.69, 9.17) is 0 Å². The highest BCUT2D eigenvalue weighted by Crippen LogP contribution is 2.48. The first kappa shape index (κ1) is 19.7. The normalized spacial score (nSPS) is 16.9. The molecule has 1 aliphatic heterocycles. The third kappa shape index (κ3) is 4.29. The van der Waals surface area contributed by atoms with Crippen molar-refractivity contribution in [3.63, 3.8) is 0 Å². The molecule has 1 aliphatic rings. The summed E-state index contributed by atoms with van der Waals surface area (Å²) in [5.74, 6) is 0.592. The van der Waals surface area contributed by atoms with Crippen molar-refractivity contribution >= 4 is 5.69 Å². The molecule has 0 radical (unpaired) electrons. The number of benzene rings is 2. The first-order valence-corrected chi connectivity index (χ1v) is 10.4. The average molecular weight is 362 g/mol. The van der Waals surface area contributed by atoms with Crippen molar-refractivity contribution in [2.24, 2.45) is 5.41 Å². The Balaban J connectivity index is 2.14. The van der Waals surface area contributed by atoms with Crippen LogP contribution in [-0.2, 0) is 12.8 Å². The molecule has 0 N–H and O–H groups in total. The summed E-state index contributed by atoms with van der Waals surface area (Å²) in [6.07, 6.45) is 4.51. The maximum atomic E-state index is 4.28. The van der Waals surface area contributed by atoms with Crippen molar-refractivity contribution in [2.75, 3.05) is 11.4 Å². The van der Waals surface area contributed by atoms with Gasteiger partial charge in [0.2, 0.25) is 0 Å². The molecular weight excluding hydrogens is 326 g/mol. The molecule has 0 aromatic heterocycles. The molecule has 0 bridgehead atoms. The Labute approximate surface area is 166 Å². The summed E-state index contributed by atoms with van der Waals surface area (Å²) >= 11 is 0. The molecule has 0 saturated carbocycles. The van der Waals surface area contributed by atoms with Gasteiger partial charge in [-0.3, -0.25) is 0 Å². The van der Waals surface area contributed by atoms with Gasteiger partial charge in [-0.25, -0.2) is 0 Å². The van der Waals surface area contributed by atoms with Crippen molar-refractivity contribution in [3.05, 3.63) is 77.0 Å². The van der Waals surface area contributed by atoms with E-state index in [0.29, 0.717) is 5.92 Å². The number of allylic oxidation sites excluding steroid dienone is 1. The third-order valence-electron chi connectivity index (χ3n) is 5.84. The van der Waals surface area contributed by atoms with Gasteiger partial charge >= 0.3 is 0 Å². The summed E-state index contributed by atoms with van der Waals surface area (Å²) in [5, 5.41) is 0. The minimum Gasteiger partial charge on any atom is -0.346 e. The van der Waals surface area contributed by atoms with Crippen LogP contribution in [0.1, 0.15) is 75.6 Å². The number of anilines is 1. The van der Waals surface area contributed by atoms with Gasteiger partial charge in [-0.1, -0.05) is 83.2 Å². The zero-order valence-electron chi connectivity index (χ0n) is 17.8. The van der Waals surface area contributed by atoms with Crippen LogP contribution in [0, 0.1) is 5.41 Å². The van der Waals surface area contributed by atoms with E-state index in [1.165, 1.54) is 40.8 Å². The van der Waals surface area contributed by atoms with Crippen molar-refractivity contribution in [3.8, 4) is 0 Å². The van der Waals surface area contributed by atoms with Gasteiger partial charge in [0.05, 0.1) is 0 Å². The summed E-state index contributed by atoms with van der Waals surface area (Å²) in [7, 11) is 0. The Morgan fingerprint density at radius 3 is 2.41 bits per heavy atom. The van der Waals surface area contributed by atoms with Crippen LogP contribution in [0.4, 0.5) is 5.69 Å². The smallest absolute Gasteiger partial charge is 0.0476 e. The van der Waals surface area contributed by atoms with Crippen LogP contribution in [0.5, 0.6) is 0 Å². The largest absolute Gasteiger partial charge is 0.346 e. The van der Waals surface area contributed by atoms with Crippen LogP contribution in [0.25, 0.3) is 0 Å². The summed E-state index contributed by atoms with van der Waals surface area (Å²) in [4.78, 5) is 2.47. The van der Waals surface area contributed by atoms with Gasteiger partial charge in [-0.05, 0) is 59.8 Å². The summed E-state index contributed by atoms with van der Waals surface area (Å²) < 4.78 is 0. The Morgan fingerprint density at radius 2 is 1.81 bits per heavy atom. The van der Waals surface area contributed by atoms with Crippen molar-refractivity contribution in [1.29, 1.82) is 0 Å². The fraction of sp³-hybridized carbons (Fsp3) is 0.462. The molecule has 1 unspecified atom stereocenters. The molecule has 2 aromatic rings. The Hall–Kier alpha value is -2.02. The molecule has 1 nitrogen and oxygen atoms in total. The molecule has 1 heteroatoms. The topological polar surface area (TPSA) is 3.24 Å². The van der Waals surface area contributed by atoms with Crippen LogP contribution >= 0.6 is 0 Å². The molecule has 0 amide bonds. The molecule has 3 rings (SSSR count). The number of fused-ring (bicyclic) bond motifs is 1. The maximum absolute atomic E-state index is 4.28. The summed E-state index contributed by atoms with van der Waals surface area (Å²) in [6.45, 7) is 17.0. The van der Waals surface area contributed by atoms with E-state index in [-0.39, 0.29) is 5.41 Å². The molecule has 1 heterocycles. The lowest BCUT2D eigenvalue weighted by atomic mass is 9.71. The quantitative estimate of drug-likeness (QED) is 0.549. The lowest BCUT2D eigenvalue weighted by Gasteiger charge is -2.43. The number of nitrogens with zero attached hydrogens (tertiary/aromatic N) is 1. The average Bonchev–Trinajstić information content (AvgIpc) is 2.61. The SMILES string of the molecule is C=C(C)N1CCC(C(C)(C)C)c2cc(Cc3ccccc3)cc(CCC)c21. The van der Waals surface area contributed by atoms with Gasteiger partial charge in [0.25, 0.3) is 0 Å². The fourth-order valence-electron chi connectivity index (χ4n) is 4.58. The van der Waals surface area contributed by atoms with Crippen molar-refractivity contribution < 1.29 is 0 Å². The summed E-state index contributed by atoms with van der Waals surface area (Å²) in [6, 6.07) is 15.8. The predicted molar refractivity (Wildman–Crippen MR) is 119 cm³/mol. The second-order valence-corrected chi connectivity index (χ2v) is 9.20. The van der Waals surface area contributed by atoms with Crippen LogP contribution in [-0.4, -0.2) is 6.54 Å². The fourth-order valence-corrected chi connectivity index (χ4v) is 4.58. The molecule has 0 aliphatic carbocycles. The first-order valence-electron chi connectivity index (χ1n) is 10.4. The standard InChI is InChI=1S/C26H35N/c1-7-11-22-17-21(16-20-12-9-8-10-13-20)18-23-24(26(4,5)6)14-15-27(19(2)3)25(22)23/h8-10,12-13,17-18,24H,2,7,11,14-16H2,1,3-6H3. The number of hydrogen-bond acceptors (Lipinski definition) is 1. The van der Waals surface area contributed by atoms with E-state index in [0.717, 1.165) is 25.1 Å². The van der Waals surface area contributed by atoms with Gasteiger partial charge < -0.3 is 4.90 Å². The second kappa shape index (κ2) is 7.92. The van der Waals surface area contributed by atoms with Gasteiger partial charge in [-0.15, -0.1) is 0 Å². The number of aryl methyl sites for hydroxylation is 1. The Bertz CT molecular complexity index is 795. The highest BCUT2D eigenvalue weighted by atomic mass is 15.1. The van der Waals surface area contributed by atoms with Crippen LogP contribution in [0.3, 0.4) is 0 Å². The molecule has 1 atom stereocenters. The van der Waals surface area contributed by atoms with E-state index >= 15 is 0 Å². The lowest BCUT2D eigenvalue weighted by Crippen LogP contribution is -2.34. The zero-order valence-corrected chi connectivity index (χ0v) is 17.8. The molecule has 144 valence electrons. The predicted octanol–water partition coefficient (Wildman–Crippen LogP) is 7.10. The zero-order chi connectivity index (χ0) is 19.6. The monoisotopic (exact) mass is 361 g/mol. The Morgan fingerprint density at radius 1 is 1.11 bits per heavy atom. The molecule has 0 fully saturated rings. The van der Waals surface area contributed by atoms with Gasteiger partial charge in [0.1, 0.15) is 0 Å². The second-order valence-electron chi connectivity index (χ2n) is 9.20. The van der Waals surface area contributed by atoms with Gasteiger partial charge in [0.15, 0.2) is 0 Å². The summed E-state index contributed by atoms with van der Waals surface area (Å²) in [5.41, 5.74) is 8.75. The third-order valence-corrected chi connectivity index (χ3v) is 5.84. The minimum atomic E-state index is 0.269. The van der Waals surface area contributed by atoms with E-state index in [9.17, 15) is 0 Å². The van der Waals surface area contributed by atoms with Crippen LogP contribution in [0.2, 0.25) is 0 Å². The van der Waals surface area contributed by atoms with Crippen LogP contribution < -0.4 is 4.90 Å². The number of rotatable bonds is 5. The van der Waals surface area contributed by atoms with Gasteiger partial charge in [-0.2, -0.15) is 0 Å². The molecule has 2 aromatic carbocycles. The van der Waals surface area contributed by atoms with Crippen LogP contribution in [0.15, 0.2) is 54.7 Å². The van der Waals surface area contributed by atoms with Crippen molar-refractivity contribution in [1.82, 2.24) is 0 Å². The van der Waals surface area contributed by atoms with E-state index in [1.54, 1.807) is 0 Å². The first-order chi connectivity index (χ1) is 12.8. The molecule has 0 saturated heterocycles. The van der Waals surface area contributed by atoms with Gasteiger partial charge in [0, 0.05) is 17.9 Å². The maximum Gasteiger partial charge on any atom is 0.0476 e. The Kier molecular flexibility index (Phi) is 5.79. The van der Waals surface area contributed by atoms with Crippen molar-refractivity contribution in [2.45, 2.75) is 66.2 Å². The van der Waals surface area contributed by atoms with E-state index in [2.05, 4.69) is 88.6 Å². The molecule has 0 spiro atoms. The van der Waals surface area contributed by atoms with E-state index < -0.39 is 0 Å². The molecular formula is C26H35N. The van der Waals surface area contributed by atoms with E-state index in [1.807, 2.05) is 0 Å². The highest BCUT2D eigenvalue weighted by Gasteiger charge is 2.34. The molecule has 27 heavy (non-hydrogen) atoms. The lowest BCUT2D eigenvalue weighted by molar-refractivity contribution is 0.300. The highest BCUT2D eigenvalue weighted by molar-refractivity contribution is 5.67. The number of hydrogen-bond donors (Lipinski definition) is 0.